The Bertz CT molecular complexity index is 659. The molecule has 0 saturated heterocycles. The molecule has 0 saturated carbocycles. The highest BCUT2D eigenvalue weighted by Crippen LogP contribution is 2.22. The molecular formula is C15H16ClN3O2S. The number of furan rings is 1. The number of hydrogen-bond acceptors (Lipinski definition) is 3. The Morgan fingerprint density at radius 1 is 1.27 bits per heavy atom. The lowest BCUT2D eigenvalue weighted by Crippen LogP contribution is -2.39. The molecule has 1 aromatic carbocycles. The zero-order valence-corrected chi connectivity index (χ0v) is 13.6. The van der Waals surface area contributed by atoms with Crippen LogP contribution in [0.25, 0.3) is 0 Å². The predicted molar refractivity (Wildman–Crippen MR) is 91.0 cm³/mol. The molecule has 1 aromatic heterocycles. The van der Waals surface area contributed by atoms with E-state index in [1.807, 2.05) is 13.0 Å². The van der Waals surface area contributed by atoms with Gasteiger partial charge in [-0.25, -0.2) is 0 Å². The molecule has 3 N–H and O–H groups in total. The van der Waals surface area contributed by atoms with Gasteiger partial charge < -0.3 is 20.4 Å². The van der Waals surface area contributed by atoms with Gasteiger partial charge in [-0.15, -0.1) is 0 Å². The Morgan fingerprint density at radius 3 is 2.82 bits per heavy atom. The third-order valence-corrected chi connectivity index (χ3v) is 3.65. The third kappa shape index (κ3) is 4.75. The van der Waals surface area contributed by atoms with Gasteiger partial charge >= 0.3 is 0 Å². The van der Waals surface area contributed by atoms with E-state index in [0.717, 1.165) is 11.3 Å². The van der Waals surface area contributed by atoms with Crippen LogP contribution in [0.3, 0.4) is 0 Å². The standard InChI is InChI=1S/C15H16ClN3O2S/c1-10-12(16)5-2-6-13(10)19-14(20)9-18-15(22)17-8-11-4-3-7-21-11/h2-7H,8-9H2,1H3,(H,19,20)(H2,17,18,22). The van der Waals surface area contributed by atoms with E-state index >= 15 is 0 Å². The van der Waals surface area contributed by atoms with Crippen LogP contribution in [0.2, 0.25) is 5.02 Å². The molecule has 0 bridgehead atoms. The summed E-state index contributed by atoms with van der Waals surface area (Å²) in [5.41, 5.74) is 1.52. The van der Waals surface area contributed by atoms with Crippen molar-refractivity contribution in [3.63, 3.8) is 0 Å². The summed E-state index contributed by atoms with van der Waals surface area (Å²) in [7, 11) is 0. The normalized spacial score (nSPS) is 10.1. The molecule has 116 valence electrons. The summed E-state index contributed by atoms with van der Waals surface area (Å²) in [4.78, 5) is 11.9. The number of nitrogens with one attached hydrogen (secondary N) is 3. The molecule has 0 unspecified atom stereocenters. The first-order valence-corrected chi connectivity index (χ1v) is 7.44. The molecule has 0 aliphatic carbocycles. The highest BCUT2D eigenvalue weighted by molar-refractivity contribution is 7.80. The van der Waals surface area contributed by atoms with Crippen LogP contribution >= 0.6 is 23.8 Å². The van der Waals surface area contributed by atoms with E-state index in [0.29, 0.717) is 22.4 Å². The third-order valence-electron chi connectivity index (χ3n) is 2.95. The van der Waals surface area contributed by atoms with Crippen molar-refractivity contribution in [1.29, 1.82) is 0 Å². The van der Waals surface area contributed by atoms with Crippen molar-refractivity contribution < 1.29 is 9.21 Å². The smallest absolute Gasteiger partial charge is 0.243 e. The maximum absolute atomic E-state index is 11.9. The Hall–Kier alpha value is -2.05. The van der Waals surface area contributed by atoms with Gasteiger partial charge in [0.1, 0.15) is 5.76 Å². The first-order chi connectivity index (χ1) is 10.6. The Kier molecular flexibility index (Phi) is 5.80. The van der Waals surface area contributed by atoms with Gasteiger partial charge in [0.15, 0.2) is 5.11 Å². The van der Waals surface area contributed by atoms with Gasteiger partial charge in [0.2, 0.25) is 5.91 Å². The molecule has 2 rings (SSSR count). The monoisotopic (exact) mass is 337 g/mol. The molecule has 0 atom stereocenters. The number of rotatable bonds is 5. The fraction of sp³-hybridized carbons (Fsp3) is 0.200. The lowest BCUT2D eigenvalue weighted by Gasteiger charge is -2.11. The minimum atomic E-state index is -0.201. The van der Waals surface area contributed by atoms with Gasteiger partial charge in [-0.3, -0.25) is 4.79 Å². The Labute approximate surface area is 139 Å². The van der Waals surface area contributed by atoms with Crippen molar-refractivity contribution in [2.24, 2.45) is 0 Å². The average molecular weight is 338 g/mol. The second-order valence-corrected chi connectivity index (χ2v) is 5.39. The summed E-state index contributed by atoms with van der Waals surface area (Å²) in [6, 6.07) is 9.00. The zero-order valence-electron chi connectivity index (χ0n) is 12.0. The number of carbonyl (C=O) groups excluding carboxylic acids is 1. The zero-order chi connectivity index (χ0) is 15.9. The first kappa shape index (κ1) is 16.3. The van der Waals surface area contributed by atoms with E-state index in [4.69, 9.17) is 28.2 Å². The molecule has 0 spiro atoms. The van der Waals surface area contributed by atoms with Crippen molar-refractivity contribution in [2.45, 2.75) is 13.5 Å². The van der Waals surface area contributed by atoms with Crippen LogP contribution in [0.15, 0.2) is 41.0 Å². The highest BCUT2D eigenvalue weighted by atomic mass is 35.5. The van der Waals surface area contributed by atoms with Gasteiger partial charge in [0, 0.05) is 10.7 Å². The van der Waals surface area contributed by atoms with Gasteiger partial charge in [-0.1, -0.05) is 17.7 Å². The van der Waals surface area contributed by atoms with Crippen LogP contribution in [0.4, 0.5) is 5.69 Å². The number of anilines is 1. The first-order valence-electron chi connectivity index (χ1n) is 6.65. The van der Waals surface area contributed by atoms with Crippen LogP contribution < -0.4 is 16.0 Å². The minimum Gasteiger partial charge on any atom is -0.467 e. The molecule has 0 radical (unpaired) electrons. The molecule has 5 nitrogen and oxygen atoms in total. The number of benzene rings is 1. The number of carbonyl (C=O) groups is 1. The van der Waals surface area contributed by atoms with Crippen LogP contribution in [-0.2, 0) is 11.3 Å². The maximum atomic E-state index is 11.9. The predicted octanol–water partition coefficient (Wildman–Crippen LogP) is 2.84. The van der Waals surface area contributed by atoms with Crippen molar-refractivity contribution in [1.82, 2.24) is 10.6 Å². The molecule has 7 heteroatoms. The molecular weight excluding hydrogens is 322 g/mol. The molecule has 22 heavy (non-hydrogen) atoms. The molecule has 1 amide bonds. The summed E-state index contributed by atoms with van der Waals surface area (Å²) in [5, 5.41) is 9.56. The fourth-order valence-electron chi connectivity index (χ4n) is 1.74. The lowest BCUT2D eigenvalue weighted by atomic mass is 10.2. The molecule has 2 aromatic rings. The molecule has 0 fully saturated rings. The van der Waals surface area contributed by atoms with Crippen molar-refractivity contribution >= 4 is 40.5 Å². The van der Waals surface area contributed by atoms with Crippen molar-refractivity contribution in [3.8, 4) is 0 Å². The van der Waals surface area contributed by atoms with Gasteiger partial charge in [-0.2, -0.15) is 0 Å². The fourth-order valence-corrected chi connectivity index (χ4v) is 2.06. The van der Waals surface area contributed by atoms with Crippen LogP contribution in [0.1, 0.15) is 11.3 Å². The Morgan fingerprint density at radius 2 is 2.09 bits per heavy atom. The van der Waals surface area contributed by atoms with E-state index < -0.39 is 0 Å². The SMILES string of the molecule is Cc1c(Cl)cccc1NC(=O)CNC(=S)NCc1ccco1. The Balaban J connectivity index is 1.75. The lowest BCUT2D eigenvalue weighted by molar-refractivity contribution is -0.115. The van der Waals surface area contributed by atoms with Crippen molar-refractivity contribution in [3.05, 3.63) is 52.9 Å². The van der Waals surface area contributed by atoms with E-state index in [1.165, 1.54) is 0 Å². The van der Waals surface area contributed by atoms with Crippen LogP contribution in [-0.4, -0.2) is 17.6 Å². The number of amides is 1. The minimum absolute atomic E-state index is 0.0654. The summed E-state index contributed by atoms with van der Waals surface area (Å²) in [6.45, 7) is 2.38. The van der Waals surface area contributed by atoms with Crippen LogP contribution in [0.5, 0.6) is 0 Å². The van der Waals surface area contributed by atoms with E-state index in [1.54, 1.807) is 30.5 Å². The van der Waals surface area contributed by atoms with E-state index in [9.17, 15) is 4.79 Å². The number of halogens is 1. The summed E-state index contributed by atoms with van der Waals surface area (Å²) < 4.78 is 5.17. The van der Waals surface area contributed by atoms with Gasteiger partial charge in [0.05, 0.1) is 19.4 Å². The van der Waals surface area contributed by atoms with Crippen molar-refractivity contribution in [2.75, 3.05) is 11.9 Å². The number of thiocarbonyl (C=S) groups is 1. The molecule has 1 heterocycles. The summed E-state index contributed by atoms with van der Waals surface area (Å²) in [5.74, 6) is 0.565. The topological polar surface area (TPSA) is 66.3 Å². The van der Waals surface area contributed by atoms with Gasteiger partial charge in [-0.05, 0) is 49.0 Å². The molecule has 0 aliphatic rings. The summed E-state index contributed by atoms with van der Waals surface area (Å²) in [6.07, 6.45) is 1.59. The molecule has 0 aliphatic heterocycles. The highest BCUT2D eigenvalue weighted by Gasteiger charge is 2.07. The number of hydrogen-bond donors (Lipinski definition) is 3. The quantitative estimate of drug-likeness (QED) is 0.732. The second kappa shape index (κ2) is 7.82. The maximum Gasteiger partial charge on any atom is 0.243 e. The van der Waals surface area contributed by atoms with Gasteiger partial charge in [0.25, 0.3) is 0 Å². The largest absolute Gasteiger partial charge is 0.467 e. The van der Waals surface area contributed by atoms with Crippen LogP contribution in [0, 0.1) is 6.92 Å². The average Bonchev–Trinajstić information content (AvgIpc) is 3.01. The second-order valence-electron chi connectivity index (χ2n) is 4.58. The van der Waals surface area contributed by atoms with E-state index in [2.05, 4.69) is 16.0 Å². The van der Waals surface area contributed by atoms with E-state index in [-0.39, 0.29) is 12.5 Å². The summed E-state index contributed by atoms with van der Waals surface area (Å²) >= 11 is 11.1.